The Morgan fingerprint density at radius 2 is 1.72 bits per heavy atom. The zero-order valence-electron chi connectivity index (χ0n) is 16.9. The first-order valence-corrected chi connectivity index (χ1v) is 11.5. The van der Waals surface area contributed by atoms with Crippen LogP contribution in [0.5, 0.6) is 0 Å². The van der Waals surface area contributed by atoms with Crippen LogP contribution in [-0.4, -0.2) is 32.9 Å². The van der Waals surface area contributed by atoms with Crippen molar-refractivity contribution in [2.24, 2.45) is 0 Å². The summed E-state index contributed by atoms with van der Waals surface area (Å²) in [5.41, 5.74) is 1.63. The van der Waals surface area contributed by atoms with E-state index in [1.807, 2.05) is 24.3 Å². The van der Waals surface area contributed by atoms with Crippen molar-refractivity contribution < 1.29 is 29.1 Å². The smallest absolute Gasteiger partial charge is 0.309 e. The predicted octanol–water partition coefficient (Wildman–Crippen LogP) is 2.43. The number of rotatable bonds is 11. The van der Waals surface area contributed by atoms with Gasteiger partial charge in [-0.15, -0.1) is 11.3 Å². The lowest BCUT2D eigenvalue weighted by Gasteiger charge is -2.31. The standard InChI is InChI=1S/C21H22N3O6PS/c25-18(26)11-17-14-32-20(22-17)24(23-31-29)19(27)21(28,12-15-7-3-1-4-8-15)30-13-16-9-5-2-6-10-16/h1-10,14,28H,11-13,31H2,(H,23,29)(H,25,26). The van der Waals surface area contributed by atoms with Gasteiger partial charge in [-0.2, -0.15) is 5.20 Å². The van der Waals surface area contributed by atoms with E-state index in [4.69, 9.17) is 9.84 Å². The largest absolute Gasteiger partial charge is 0.481 e. The van der Waals surface area contributed by atoms with E-state index in [2.05, 4.69) is 10.2 Å². The lowest BCUT2D eigenvalue weighted by molar-refractivity contribution is -0.209. The Kier molecular flexibility index (Phi) is 8.26. The quantitative estimate of drug-likeness (QED) is 0.219. The summed E-state index contributed by atoms with van der Waals surface area (Å²) in [7, 11) is -1.63. The molecular formula is C21H22N3O6PS. The predicted molar refractivity (Wildman–Crippen MR) is 121 cm³/mol. The van der Waals surface area contributed by atoms with Crippen molar-refractivity contribution in [3.8, 4) is 0 Å². The maximum Gasteiger partial charge on any atom is 0.309 e. The number of aliphatic carboxylic acids is 1. The van der Waals surface area contributed by atoms with E-state index < -0.39 is 26.3 Å². The molecule has 0 saturated carbocycles. The first-order chi connectivity index (χ1) is 15.4. The monoisotopic (exact) mass is 475 g/mol. The summed E-state index contributed by atoms with van der Waals surface area (Å²) in [5.74, 6) is -4.30. The molecule has 3 rings (SSSR count). The molecule has 0 aliphatic heterocycles. The Labute approximate surface area is 189 Å². The van der Waals surface area contributed by atoms with Gasteiger partial charge in [0, 0.05) is 11.8 Å². The Morgan fingerprint density at radius 3 is 2.31 bits per heavy atom. The number of carboxylic acid groups (broad SMARTS) is 1. The Morgan fingerprint density at radius 1 is 1.09 bits per heavy atom. The van der Waals surface area contributed by atoms with Crippen LogP contribution in [0.2, 0.25) is 0 Å². The van der Waals surface area contributed by atoms with Crippen LogP contribution in [0.3, 0.4) is 0 Å². The molecular weight excluding hydrogens is 453 g/mol. The highest BCUT2D eigenvalue weighted by molar-refractivity contribution is 7.21. The maximum absolute atomic E-state index is 13.4. The number of hydrogen-bond donors (Lipinski definition) is 3. The summed E-state index contributed by atoms with van der Waals surface area (Å²) in [6.45, 7) is -0.0455. The third-order valence-corrected chi connectivity index (χ3v) is 5.63. The van der Waals surface area contributed by atoms with Crippen molar-refractivity contribution in [1.29, 1.82) is 0 Å². The van der Waals surface area contributed by atoms with Crippen molar-refractivity contribution >= 4 is 37.0 Å². The lowest BCUT2D eigenvalue weighted by atomic mass is 10.0. The third kappa shape index (κ3) is 6.32. The molecule has 2 unspecified atom stereocenters. The van der Waals surface area contributed by atoms with E-state index >= 15 is 0 Å². The summed E-state index contributed by atoms with van der Waals surface area (Å²) < 4.78 is 17.1. The number of carboxylic acids is 1. The highest BCUT2D eigenvalue weighted by atomic mass is 32.1. The van der Waals surface area contributed by atoms with Crippen LogP contribution >= 0.6 is 19.9 Å². The minimum Gasteiger partial charge on any atom is -0.481 e. The van der Waals surface area contributed by atoms with Crippen LogP contribution in [0.4, 0.5) is 5.13 Å². The van der Waals surface area contributed by atoms with Crippen LogP contribution in [0, 0.1) is 0 Å². The number of aromatic nitrogens is 1. The molecule has 1 heterocycles. The number of carbonyl (C=O) groups is 2. The minimum absolute atomic E-state index is 0.0455. The molecule has 11 heteroatoms. The van der Waals surface area contributed by atoms with Gasteiger partial charge in [0.2, 0.25) is 5.13 Å². The van der Waals surface area contributed by atoms with Crippen LogP contribution in [0.25, 0.3) is 0 Å². The molecule has 0 spiro atoms. The SMILES string of the molecule is O=[PH2]NN(C(=O)C(O)(Cc1ccccc1)OCc1ccccc1)c1nc(CC(=O)O)cs1. The molecule has 0 aliphatic rings. The Balaban J connectivity index is 1.90. The molecule has 1 aromatic heterocycles. The highest BCUT2D eigenvalue weighted by Gasteiger charge is 2.42. The number of amides is 1. The summed E-state index contributed by atoms with van der Waals surface area (Å²) in [6, 6.07) is 17.9. The van der Waals surface area contributed by atoms with Gasteiger partial charge in [0.05, 0.1) is 18.7 Å². The van der Waals surface area contributed by atoms with E-state index in [9.17, 15) is 19.3 Å². The molecule has 0 aliphatic carbocycles. The Hall–Kier alpha value is -2.88. The second kappa shape index (κ2) is 11.1. The molecule has 3 aromatic rings. The molecule has 0 radical (unpaired) electrons. The van der Waals surface area contributed by atoms with E-state index in [0.717, 1.165) is 21.9 Å². The van der Waals surface area contributed by atoms with Crippen molar-refractivity contribution in [2.75, 3.05) is 5.01 Å². The van der Waals surface area contributed by atoms with Crippen LogP contribution in [0.15, 0.2) is 66.0 Å². The zero-order chi connectivity index (χ0) is 23.0. The van der Waals surface area contributed by atoms with E-state index in [0.29, 0.717) is 5.56 Å². The number of aliphatic hydroxyl groups is 1. The van der Waals surface area contributed by atoms with Gasteiger partial charge in [-0.3, -0.25) is 9.59 Å². The van der Waals surface area contributed by atoms with Crippen LogP contribution in [0.1, 0.15) is 16.8 Å². The van der Waals surface area contributed by atoms with Crippen LogP contribution in [-0.2, 0) is 38.3 Å². The average molecular weight is 475 g/mol. The highest BCUT2D eigenvalue weighted by Crippen LogP contribution is 2.26. The first-order valence-electron chi connectivity index (χ1n) is 9.56. The van der Waals surface area contributed by atoms with E-state index in [1.54, 1.807) is 36.4 Å². The summed E-state index contributed by atoms with van der Waals surface area (Å²) in [5, 5.41) is 25.1. The van der Waals surface area contributed by atoms with Gasteiger partial charge < -0.3 is 19.5 Å². The molecule has 2 aromatic carbocycles. The Bertz CT molecular complexity index is 1070. The van der Waals surface area contributed by atoms with Crippen LogP contribution < -0.4 is 10.2 Å². The number of hydrogen-bond acceptors (Lipinski definition) is 7. The van der Waals surface area contributed by atoms with Gasteiger partial charge in [0.1, 0.15) is 8.61 Å². The second-order valence-corrected chi connectivity index (χ2v) is 8.13. The average Bonchev–Trinajstić information content (AvgIpc) is 3.24. The minimum atomic E-state index is -2.31. The van der Waals surface area contributed by atoms with Crippen molar-refractivity contribution in [1.82, 2.24) is 10.2 Å². The zero-order valence-corrected chi connectivity index (χ0v) is 18.9. The molecule has 32 heavy (non-hydrogen) atoms. The van der Waals surface area contributed by atoms with Crippen molar-refractivity contribution in [3.05, 3.63) is 82.9 Å². The van der Waals surface area contributed by atoms with Gasteiger partial charge in [0.25, 0.3) is 5.79 Å². The van der Waals surface area contributed by atoms with E-state index in [-0.39, 0.29) is 30.3 Å². The summed E-state index contributed by atoms with van der Waals surface area (Å²) in [6.07, 6.45) is -0.499. The third-order valence-electron chi connectivity index (χ3n) is 4.39. The fraction of sp³-hybridized carbons (Fsp3) is 0.190. The topological polar surface area (TPSA) is 129 Å². The van der Waals surface area contributed by atoms with Gasteiger partial charge in [-0.1, -0.05) is 60.7 Å². The first kappa shape index (κ1) is 23.8. The normalized spacial score (nSPS) is 13.2. The fourth-order valence-corrected chi connectivity index (χ4v) is 4.13. The van der Waals surface area contributed by atoms with Gasteiger partial charge in [0.15, 0.2) is 0 Å². The number of benzene rings is 2. The number of ether oxygens (including phenoxy) is 1. The molecule has 2 atom stereocenters. The van der Waals surface area contributed by atoms with Crippen molar-refractivity contribution in [2.45, 2.75) is 25.2 Å². The molecule has 1 amide bonds. The van der Waals surface area contributed by atoms with E-state index in [1.165, 1.54) is 5.38 Å². The second-order valence-electron chi connectivity index (χ2n) is 6.80. The molecule has 0 bridgehead atoms. The molecule has 0 saturated heterocycles. The fourth-order valence-electron chi connectivity index (χ4n) is 2.90. The number of hydrazine groups is 1. The number of thiazole rings is 1. The lowest BCUT2D eigenvalue weighted by Crippen LogP contribution is -2.55. The number of carbonyl (C=O) groups excluding carboxylic acids is 1. The number of anilines is 1. The summed E-state index contributed by atoms with van der Waals surface area (Å²) >= 11 is 0.981. The van der Waals surface area contributed by atoms with Gasteiger partial charge in [-0.25, -0.2) is 9.99 Å². The number of nitrogens with one attached hydrogen (secondary N) is 1. The summed E-state index contributed by atoms with van der Waals surface area (Å²) in [4.78, 5) is 28.5. The molecule has 3 N–H and O–H groups in total. The van der Waals surface area contributed by atoms with Gasteiger partial charge >= 0.3 is 11.9 Å². The molecule has 0 fully saturated rings. The number of nitrogens with zero attached hydrogens (tertiary/aromatic N) is 2. The van der Waals surface area contributed by atoms with Gasteiger partial charge in [-0.05, 0) is 11.1 Å². The molecule has 9 nitrogen and oxygen atoms in total. The maximum atomic E-state index is 13.4. The molecule has 168 valence electrons. The van der Waals surface area contributed by atoms with Crippen molar-refractivity contribution in [3.63, 3.8) is 0 Å².